The van der Waals surface area contributed by atoms with E-state index in [0.29, 0.717) is 13.0 Å². The quantitative estimate of drug-likeness (QED) is 0.846. The molecule has 1 aromatic carbocycles. The van der Waals surface area contributed by atoms with E-state index in [2.05, 4.69) is 5.32 Å². The van der Waals surface area contributed by atoms with Crippen LogP contribution in [-0.2, 0) is 9.53 Å². The zero-order chi connectivity index (χ0) is 12.5. The molecule has 2 rings (SSSR count). The van der Waals surface area contributed by atoms with Crippen LogP contribution in [0.25, 0.3) is 0 Å². The van der Waals surface area contributed by atoms with Gasteiger partial charge in [0.15, 0.2) is 0 Å². The summed E-state index contributed by atoms with van der Waals surface area (Å²) >= 11 is 5.80. The minimum atomic E-state index is -1.11. The second-order valence-corrected chi connectivity index (χ2v) is 4.42. The fourth-order valence-corrected chi connectivity index (χ4v) is 1.83. The molecule has 1 fully saturated rings. The normalized spacial score (nSPS) is 23.7. The third-order valence-electron chi connectivity index (χ3n) is 2.71. The first-order valence-corrected chi connectivity index (χ1v) is 5.53. The molecule has 6 heteroatoms. The molecule has 0 saturated carbocycles. The van der Waals surface area contributed by atoms with Gasteiger partial charge in [-0.15, -0.1) is 0 Å². The first-order chi connectivity index (χ1) is 8.03. The molecular weight excluding hydrogens is 247 g/mol. The number of nitrogens with two attached hydrogens (primary N) is 1. The van der Waals surface area contributed by atoms with Gasteiger partial charge >= 0.3 is 0 Å². The van der Waals surface area contributed by atoms with Crippen LogP contribution in [0.5, 0.6) is 0 Å². The first-order valence-electron chi connectivity index (χ1n) is 5.15. The largest absolute Gasteiger partial charge is 0.379 e. The van der Waals surface area contributed by atoms with Crippen molar-refractivity contribution in [3.63, 3.8) is 0 Å². The topological polar surface area (TPSA) is 64.4 Å². The van der Waals surface area contributed by atoms with E-state index in [9.17, 15) is 9.18 Å². The summed E-state index contributed by atoms with van der Waals surface area (Å²) in [6.07, 6.45) is 0.408. The summed E-state index contributed by atoms with van der Waals surface area (Å²) in [5.41, 5.74) is 4.70. The first kappa shape index (κ1) is 12.3. The zero-order valence-corrected chi connectivity index (χ0v) is 9.76. The van der Waals surface area contributed by atoms with Gasteiger partial charge in [-0.3, -0.25) is 4.79 Å². The Morgan fingerprint density at radius 3 is 2.94 bits per heavy atom. The Balaban J connectivity index is 2.18. The van der Waals surface area contributed by atoms with Gasteiger partial charge in [0.2, 0.25) is 5.91 Å². The number of carbonyl (C=O) groups excluding carboxylic acids is 1. The Hall–Kier alpha value is -1.17. The number of carbonyl (C=O) groups is 1. The number of hydrogen-bond donors (Lipinski definition) is 2. The third-order valence-corrected chi connectivity index (χ3v) is 3.02. The Labute approximate surface area is 103 Å². The molecule has 0 bridgehead atoms. The molecule has 1 amide bonds. The zero-order valence-electron chi connectivity index (χ0n) is 9.00. The molecule has 1 aromatic rings. The SMILES string of the molecule is NC1(C(=O)Nc2c(F)cccc2Cl)CCOC1. The van der Waals surface area contributed by atoms with Crippen LogP contribution in [0.1, 0.15) is 6.42 Å². The molecule has 1 heterocycles. The van der Waals surface area contributed by atoms with Crippen molar-refractivity contribution in [3.05, 3.63) is 29.0 Å². The highest BCUT2D eigenvalue weighted by Gasteiger charge is 2.38. The number of amides is 1. The maximum absolute atomic E-state index is 13.5. The van der Waals surface area contributed by atoms with Gasteiger partial charge in [0.25, 0.3) is 0 Å². The van der Waals surface area contributed by atoms with E-state index in [-0.39, 0.29) is 17.3 Å². The highest BCUT2D eigenvalue weighted by Crippen LogP contribution is 2.26. The maximum Gasteiger partial charge on any atom is 0.247 e. The lowest BCUT2D eigenvalue weighted by Crippen LogP contribution is -2.51. The fraction of sp³-hybridized carbons (Fsp3) is 0.364. The average molecular weight is 259 g/mol. The van der Waals surface area contributed by atoms with E-state index in [1.807, 2.05) is 0 Å². The molecule has 1 aliphatic rings. The van der Waals surface area contributed by atoms with Gasteiger partial charge in [-0.1, -0.05) is 17.7 Å². The van der Waals surface area contributed by atoms with Gasteiger partial charge in [0.05, 0.1) is 17.3 Å². The summed E-state index contributed by atoms with van der Waals surface area (Å²) in [6, 6.07) is 4.18. The third kappa shape index (κ3) is 2.41. The summed E-state index contributed by atoms with van der Waals surface area (Å²) in [7, 11) is 0. The summed E-state index contributed by atoms with van der Waals surface area (Å²) in [5.74, 6) is -1.07. The summed E-state index contributed by atoms with van der Waals surface area (Å²) in [6.45, 7) is 0.555. The lowest BCUT2D eigenvalue weighted by molar-refractivity contribution is -0.121. The van der Waals surface area contributed by atoms with Crippen LogP contribution in [0.15, 0.2) is 18.2 Å². The van der Waals surface area contributed by atoms with Gasteiger partial charge in [0.1, 0.15) is 11.4 Å². The standard InChI is InChI=1S/C11H12ClFN2O2/c12-7-2-1-3-8(13)9(7)15-10(16)11(14)4-5-17-6-11/h1-3H,4-6,14H2,(H,15,16). The molecule has 4 nitrogen and oxygen atoms in total. The van der Waals surface area contributed by atoms with E-state index in [4.69, 9.17) is 22.1 Å². The highest BCUT2D eigenvalue weighted by atomic mass is 35.5. The lowest BCUT2D eigenvalue weighted by Gasteiger charge is -2.21. The van der Waals surface area contributed by atoms with Crippen LogP contribution in [0.4, 0.5) is 10.1 Å². The van der Waals surface area contributed by atoms with Gasteiger partial charge in [-0.05, 0) is 18.6 Å². The van der Waals surface area contributed by atoms with Crippen LogP contribution in [0.3, 0.4) is 0 Å². The number of nitrogens with one attached hydrogen (secondary N) is 1. The van der Waals surface area contributed by atoms with E-state index in [1.165, 1.54) is 18.2 Å². The Kier molecular flexibility index (Phi) is 3.33. The van der Waals surface area contributed by atoms with Crippen molar-refractivity contribution in [2.24, 2.45) is 5.73 Å². The van der Waals surface area contributed by atoms with Crippen molar-refractivity contribution >= 4 is 23.2 Å². The van der Waals surface area contributed by atoms with Gasteiger partial charge in [0, 0.05) is 6.61 Å². The summed E-state index contributed by atoms with van der Waals surface area (Å²) in [4.78, 5) is 11.9. The van der Waals surface area contributed by atoms with Crippen molar-refractivity contribution in [1.82, 2.24) is 0 Å². The van der Waals surface area contributed by atoms with Crippen LogP contribution >= 0.6 is 11.6 Å². The molecule has 1 aliphatic heterocycles. The number of hydrogen-bond acceptors (Lipinski definition) is 3. The molecule has 92 valence electrons. The predicted molar refractivity (Wildman–Crippen MR) is 62.4 cm³/mol. The van der Waals surface area contributed by atoms with Crippen LogP contribution in [-0.4, -0.2) is 24.7 Å². The second kappa shape index (κ2) is 4.60. The van der Waals surface area contributed by atoms with Crippen molar-refractivity contribution in [2.75, 3.05) is 18.5 Å². The molecule has 0 radical (unpaired) electrons. The van der Waals surface area contributed by atoms with Crippen molar-refractivity contribution in [2.45, 2.75) is 12.0 Å². The molecule has 0 spiro atoms. The monoisotopic (exact) mass is 258 g/mol. The molecule has 1 atom stereocenters. The van der Waals surface area contributed by atoms with Crippen LogP contribution in [0, 0.1) is 5.82 Å². The fourth-order valence-electron chi connectivity index (χ4n) is 1.62. The number of ether oxygens (including phenoxy) is 1. The number of para-hydroxylation sites is 1. The Morgan fingerprint density at radius 2 is 2.35 bits per heavy atom. The van der Waals surface area contributed by atoms with Crippen molar-refractivity contribution in [3.8, 4) is 0 Å². The molecule has 3 N–H and O–H groups in total. The number of anilines is 1. The van der Waals surface area contributed by atoms with E-state index < -0.39 is 17.3 Å². The number of benzene rings is 1. The second-order valence-electron chi connectivity index (χ2n) is 4.01. The van der Waals surface area contributed by atoms with Gasteiger partial charge in [-0.2, -0.15) is 0 Å². The molecular formula is C11H12ClFN2O2. The summed E-state index contributed by atoms with van der Waals surface area (Å²) < 4.78 is 18.5. The van der Waals surface area contributed by atoms with E-state index in [0.717, 1.165) is 0 Å². The molecule has 0 aromatic heterocycles. The van der Waals surface area contributed by atoms with Crippen molar-refractivity contribution < 1.29 is 13.9 Å². The lowest BCUT2D eigenvalue weighted by atomic mass is 9.99. The average Bonchev–Trinajstić information content (AvgIpc) is 2.72. The van der Waals surface area contributed by atoms with Gasteiger partial charge < -0.3 is 15.8 Å². The van der Waals surface area contributed by atoms with Crippen LogP contribution < -0.4 is 11.1 Å². The Bertz CT molecular complexity index is 427. The van der Waals surface area contributed by atoms with E-state index in [1.54, 1.807) is 0 Å². The number of halogens is 2. The molecule has 0 aliphatic carbocycles. The molecule has 1 saturated heterocycles. The van der Waals surface area contributed by atoms with Crippen molar-refractivity contribution in [1.29, 1.82) is 0 Å². The highest BCUT2D eigenvalue weighted by molar-refractivity contribution is 6.33. The smallest absolute Gasteiger partial charge is 0.247 e. The molecule has 17 heavy (non-hydrogen) atoms. The number of rotatable bonds is 2. The van der Waals surface area contributed by atoms with Gasteiger partial charge in [-0.25, -0.2) is 4.39 Å². The minimum Gasteiger partial charge on any atom is -0.379 e. The molecule has 1 unspecified atom stereocenters. The maximum atomic E-state index is 13.5. The minimum absolute atomic E-state index is 0.0455. The van der Waals surface area contributed by atoms with Crippen LogP contribution in [0.2, 0.25) is 5.02 Å². The Morgan fingerprint density at radius 1 is 1.59 bits per heavy atom. The predicted octanol–water partition coefficient (Wildman–Crippen LogP) is 1.54. The van der Waals surface area contributed by atoms with E-state index >= 15 is 0 Å². The summed E-state index contributed by atoms with van der Waals surface area (Å²) in [5, 5.41) is 2.55.